The maximum atomic E-state index is 14.1. The van der Waals surface area contributed by atoms with Gasteiger partial charge in [-0.05, 0) is 81.2 Å². The molecule has 9 heteroatoms. The van der Waals surface area contributed by atoms with Gasteiger partial charge in [-0.15, -0.1) is 0 Å². The number of nitrogens with one attached hydrogen (secondary N) is 1. The van der Waals surface area contributed by atoms with Gasteiger partial charge in [-0.2, -0.15) is 0 Å². The first-order valence-corrected chi connectivity index (χ1v) is 14.8. The summed E-state index contributed by atoms with van der Waals surface area (Å²) in [5.74, 6) is 1.41. The van der Waals surface area contributed by atoms with Crippen LogP contribution < -0.4 is 15.1 Å². The molecular formula is C31H33Cl2N5O2. The van der Waals surface area contributed by atoms with Crippen molar-refractivity contribution in [3.05, 3.63) is 81.7 Å². The van der Waals surface area contributed by atoms with Crippen LogP contribution in [0.3, 0.4) is 0 Å². The fraction of sp³-hybridized carbons (Fsp3) is 0.419. The molecule has 40 heavy (non-hydrogen) atoms. The third-order valence-corrected chi connectivity index (χ3v) is 9.37. The fourth-order valence-electron chi connectivity index (χ4n) is 6.68. The molecule has 1 aromatic carbocycles. The molecule has 2 amide bonds. The number of halogens is 2. The number of aromatic nitrogens is 2. The summed E-state index contributed by atoms with van der Waals surface area (Å²) >= 11 is 12.1. The number of hydrogen-bond acceptors (Lipinski definition) is 5. The van der Waals surface area contributed by atoms with Gasteiger partial charge in [0.05, 0.1) is 26.7 Å². The van der Waals surface area contributed by atoms with Crippen molar-refractivity contribution in [2.24, 2.45) is 5.92 Å². The number of anilines is 2. The highest BCUT2D eigenvalue weighted by atomic mass is 35.5. The van der Waals surface area contributed by atoms with E-state index >= 15 is 0 Å². The highest BCUT2D eigenvalue weighted by molar-refractivity contribution is 6.31. The van der Waals surface area contributed by atoms with Gasteiger partial charge in [-0.25, -0.2) is 4.98 Å². The first kappa shape index (κ1) is 27.0. The quantitative estimate of drug-likeness (QED) is 0.404. The Balaban J connectivity index is 1.10. The van der Waals surface area contributed by atoms with Crippen LogP contribution >= 0.6 is 23.2 Å². The first-order valence-electron chi connectivity index (χ1n) is 14.0. The van der Waals surface area contributed by atoms with E-state index in [0.717, 1.165) is 75.2 Å². The van der Waals surface area contributed by atoms with E-state index in [1.807, 2.05) is 25.1 Å². The molecule has 1 spiro atoms. The molecule has 0 unspecified atom stereocenters. The lowest BCUT2D eigenvalue weighted by molar-refractivity contribution is -0.124. The topological polar surface area (TPSA) is 78.4 Å². The van der Waals surface area contributed by atoms with Crippen molar-refractivity contribution in [2.45, 2.75) is 56.9 Å². The van der Waals surface area contributed by atoms with Crippen LogP contribution in [0, 0.1) is 12.8 Å². The maximum absolute atomic E-state index is 14.1. The van der Waals surface area contributed by atoms with Gasteiger partial charge in [0.2, 0.25) is 5.91 Å². The molecule has 0 atom stereocenters. The van der Waals surface area contributed by atoms with Crippen molar-refractivity contribution in [3.63, 3.8) is 0 Å². The summed E-state index contributed by atoms with van der Waals surface area (Å²) in [5.41, 5.74) is 2.94. The molecule has 1 aliphatic carbocycles. The van der Waals surface area contributed by atoms with Crippen molar-refractivity contribution in [3.8, 4) is 0 Å². The Morgan fingerprint density at radius 2 is 1.73 bits per heavy atom. The van der Waals surface area contributed by atoms with Gasteiger partial charge in [0, 0.05) is 43.8 Å². The summed E-state index contributed by atoms with van der Waals surface area (Å²) in [5, 5.41) is 4.26. The number of aryl methyl sites for hydroxylation is 1. The molecule has 2 aliphatic heterocycles. The van der Waals surface area contributed by atoms with Gasteiger partial charge >= 0.3 is 0 Å². The van der Waals surface area contributed by atoms with E-state index < -0.39 is 5.41 Å². The van der Waals surface area contributed by atoms with Crippen LogP contribution in [0.2, 0.25) is 10.0 Å². The van der Waals surface area contributed by atoms with Gasteiger partial charge in [0.15, 0.2) is 0 Å². The molecule has 3 aliphatic rings. The van der Waals surface area contributed by atoms with Crippen molar-refractivity contribution >= 4 is 46.5 Å². The molecule has 0 bridgehead atoms. The van der Waals surface area contributed by atoms with Crippen molar-refractivity contribution in [2.75, 3.05) is 29.4 Å². The second-order valence-corrected chi connectivity index (χ2v) is 12.2. The zero-order valence-electron chi connectivity index (χ0n) is 22.6. The SMILES string of the molecule is Cc1ncc(Cl)cc1C(=O)N[C@H]1CC[C@H](CN2C(=O)C3(CCN(c4ccc(Cl)cn4)CC3)c3ccccc32)CC1. The molecule has 2 fully saturated rings. The number of fused-ring (bicyclic) bond motifs is 2. The number of benzene rings is 1. The van der Waals surface area contributed by atoms with Crippen molar-refractivity contribution in [1.29, 1.82) is 0 Å². The average molecular weight is 579 g/mol. The molecule has 1 N–H and O–H groups in total. The van der Waals surface area contributed by atoms with E-state index in [1.54, 1.807) is 18.5 Å². The molecular weight excluding hydrogens is 545 g/mol. The van der Waals surface area contributed by atoms with Crippen molar-refractivity contribution in [1.82, 2.24) is 15.3 Å². The number of nitrogens with zero attached hydrogens (tertiary/aromatic N) is 4. The van der Waals surface area contributed by atoms with Gasteiger partial charge in [0.1, 0.15) is 5.82 Å². The minimum atomic E-state index is -0.479. The third kappa shape index (κ3) is 5.06. The van der Waals surface area contributed by atoms with Crippen LogP contribution in [0.5, 0.6) is 0 Å². The molecule has 6 rings (SSSR count). The average Bonchev–Trinajstić information content (AvgIpc) is 3.19. The molecule has 1 saturated carbocycles. The molecule has 208 valence electrons. The molecule has 4 heterocycles. The summed E-state index contributed by atoms with van der Waals surface area (Å²) in [4.78, 5) is 40.0. The fourth-order valence-corrected chi connectivity index (χ4v) is 6.95. The lowest BCUT2D eigenvalue weighted by Gasteiger charge is -2.39. The highest BCUT2D eigenvalue weighted by Crippen LogP contribution is 2.49. The van der Waals surface area contributed by atoms with Crippen LogP contribution in [0.4, 0.5) is 11.5 Å². The predicted octanol–water partition coefficient (Wildman–Crippen LogP) is 5.97. The lowest BCUT2D eigenvalue weighted by Crippen LogP contribution is -2.50. The molecule has 7 nitrogen and oxygen atoms in total. The Labute approximate surface area is 244 Å². The van der Waals surface area contributed by atoms with Crippen LogP contribution in [-0.4, -0.2) is 47.5 Å². The number of hydrogen-bond donors (Lipinski definition) is 1. The number of pyridine rings is 2. The normalized spacial score (nSPS) is 21.9. The third-order valence-electron chi connectivity index (χ3n) is 8.94. The molecule has 1 saturated heterocycles. The second-order valence-electron chi connectivity index (χ2n) is 11.3. The van der Waals surface area contributed by atoms with Gasteiger partial charge < -0.3 is 15.1 Å². The molecule has 2 aromatic heterocycles. The standard InChI is InChI=1S/C31H33Cl2N5O2/c1-20-25(16-23(33)18-34-20)29(39)36-24-9-6-21(7-10-24)19-38-27-5-3-2-4-26(27)31(30(38)40)12-14-37(15-13-31)28-11-8-22(32)17-35-28/h2-5,8,11,16-18,21,24H,6-7,9-10,12-15,19H2,1H3,(H,36,39)/t21-,24-. The maximum Gasteiger partial charge on any atom is 0.253 e. The van der Waals surface area contributed by atoms with E-state index in [1.165, 1.54) is 0 Å². The van der Waals surface area contributed by atoms with E-state index in [0.29, 0.717) is 27.2 Å². The summed E-state index contributed by atoms with van der Waals surface area (Å²) in [7, 11) is 0. The van der Waals surface area contributed by atoms with Crippen LogP contribution in [-0.2, 0) is 10.2 Å². The van der Waals surface area contributed by atoms with Crippen LogP contribution in [0.15, 0.2) is 54.9 Å². The monoisotopic (exact) mass is 577 g/mol. The van der Waals surface area contributed by atoms with Crippen LogP contribution in [0.1, 0.15) is 60.1 Å². The summed E-state index contributed by atoms with van der Waals surface area (Å²) in [6.07, 6.45) is 8.47. The minimum Gasteiger partial charge on any atom is -0.357 e. The zero-order valence-corrected chi connectivity index (χ0v) is 24.1. The van der Waals surface area contributed by atoms with Gasteiger partial charge in [0.25, 0.3) is 5.91 Å². The van der Waals surface area contributed by atoms with Gasteiger partial charge in [-0.3, -0.25) is 14.6 Å². The van der Waals surface area contributed by atoms with E-state index in [9.17, 15) is 9.59 Å². The lowest BCUT2D eigenvalue weighted by atomic mass is 9.73. The molecule has 3 aromatic rings. The number of carbonyl (C=O) groups is 2. The number of amides is 2. The summed E-state index contributed by atoms with van der Waals surface area (Å²) in [6, 6.07) is 13.9. The van der Waals surface area contributed by atoms with E-state index in [-0.39, 0.29) is 17.9 Å². The first-order chi connectivity index (χ1) is 19.3. The predicted molar refractivity (Wildman–Crippen MR) is 158 cm³/mol. The Kier molecular flexibility index (Phi) is 7.44. The minimum absolute atomic E-state index is 0.112. The molecule has 0 radical (unpaired) electrons. The van der Waals surface area contributed by atoms with E-state index in [4.69, 9.17) is 23.2 Å². The smallest absolute Gasteiger partial charge is 0.253 e. The summed E-state index contributed by atoms with van der Waals surface area (Å²) < 4.78 is 0. The number of carbonyl (C=O) groups excluding carboxylic acids is 2. The van der Waals surface area contributed by atoms with Gasteiger partial charge in [-0.1, -0.05) is 41.4 Å². The second kappa shape index (κ2) is 11.0. The summed E-state index contributed by atoms with van der Waals surface area (Å²) in [6.45, 7) is 4.08. The Morgan fingerprint density at radius 3 is 2.45 bits per heavy atom. The zero-order chi connectivity index (χ0) is 27.9. The Bertz CT molecular complexity index is 1410. The number of rotatable bonds is 5. The number of piperidine rings is 1. The Hall–Kier alpha value is -3.16. The largest absolute Gasteiger partial charge is 0.357 e. The number of para-hydroxylation sites is 1. The van der Waals surface area contributed by atoms with E-state index in [2.05, 4.69) is 43.3 Å². The van der Waals surface area contributed by atoms with Crippen LogP contribution in [0.25, 0.3) is 0 Å². The van der Waals surface area contributed by atoms with Crippen molar-refractivity contribution < 1.29 is 9.59 Å². The Morgan fingerprint density at radius 1 is 1.00 bits per heavy atom. The highest BCUT2D eigenvalue weighted by Gasteiger charge is 2.52.